The third kappa shape index (κ3) is 2.19. The van der Waals surface area contributed by atoms with Crippen LogP contribution in [0.25, 0.3) is 11.2 Å². The number of aryl methyl sites for hydroxylation is 1. The smallest absolute Gasteiger partial charge is 0.332 e. The van der Waals surface area contributed by atoms with Crippen molar-refractivity contribution in [2.45, 2.75) is 32.7 Å². The van der Waals surface area contributed by atoms with E-state index in [-0.39, 0.29) is 12.0 Å². The Hall–Kier alpha value is -2.71. The fraction of sp³-hybridized carbons (Fsp3) is 0.500. The zero-order valence-electron chi connectivity index (χ0n) is 13.6. The van der Waals surface area contributed by atoms with Gasteiger partial charge < -0.3 is 9.09 Å². The van der Waals surface area contributed by atoms with Crippen molar-refractivity contribution in [3.8, 4) is 0 Å². The van der Waals surface area contributed by atoms with Gasteiger partial charge in [0, 0.05) is 20.0 Å². The molecule has 0 saturated heterocycles. The van der Waals surface area contributed by atoms with E-state index in [4.69, 9.17) is 4.52 Å². The van der Waals surface area contributed by atoms with Gasteiger partial charge in [0.15, 0.2) is 17.0 Å². The summed E-state index contributed by atoms with van der Waals surface area (Å²) in [5.41, 5.74) is -0.170. The molecule has 9 nitrogen and oxygen atoms in total. The summed E-state index contributed by atoms with van der Waals surface area (Å²) in [5, 5.41) is 3.94. The summed E-state index contributed by atoms with van der Waals surface area (Å²) in [7, 11) is 3.02. The minimum atomic E-state index is -0.416. The third-order valence-corrected chi connectivity index (χ3v) is 3.92. The van der Waals surface area contributed by atoms with E-state index in [1.165, 1.54) is 17.9 Å². The van der Waals surface area contributed by atoms with Gasteiger partial charge in [-0.2, -0.15) is 4.98 Å². The van der Waals surface area contributed by atoms with Crippen LogP contribution in [-0.4, -0.2) is 28.8 Å². The van der Waals surface area contributed by atoms with Crippen LogP contribution >= 0.6 is 0 Å². The maximum Gasteiger partial charge on any atom is 0.332 e. The molecular formula is C14H18N6O3. The van der Waals surface area contributed by atoms with Gasteiger partial charge in [-0.3, -0.25) is 13.9 Å². The van der Waals surface area contributed by atoms with E-state index < -0.39 is 11.2 Å². The molecule has 3 rings (SSSR count). The number of aromatic nitrogens is 6. The average Bonchev–Trinajstić information content (AvgIpc) is 3.17. The van der Waals surface area contributed by atoms with Crippen molar-refractivity contribution < 1.29 is 4.52 Å². The van der Waals surface area contributed by atoms with Crippen LogP contribution in [0.3, 0.4) is 0 Å². The third-order valence-electron chi connectivity index (χ3n) is 3.92. The highest BCUT2D eigenvalue weighted by molar-refractivity contribution is 5.70. The first-order valence-electron chi connectivity index (χ1n) is 7.29. The van der Waals surface area contributed by atoms with Gasteiger partial charge >= 0.3 is 5.69 Å². The average molecular weight is 318 g/mol. The molecule has 0 aliphatic carbocycles. The zero-order valence-corrected chi connectivity index (χ0v) is 13.6. The molecule has 9 heteroatoms. The lowest BCUT2D eigenvalue weighted by atomic mass is 10.2. The fourth-order valence-corrected chi connectivity index (χ4v) is 2.43. The highest BCUT2D eigenvalue weighted by Crippen LogP contribution is 2.21. The van der Waals surface area contributed by atoms with Gasteiger partial charge in [0.2, 0.25) is 5.89 Å². The fourth-order valence-electron chi connectivity index (χ4n) is 2.43. The lowest BCUT2D eigenvalue weighted by molar-refractivity contribution is 0.342. The molecule has 0 aromatic carbocycles. The van der Waals surface area contributed by atoms with Crippen LogP contribution in [0.5, 0.6) is 0 Å². The second-order valence-electron chi connectivity index (χ2n) is 5.85. The standard InChI is InChI=1S/C14H18N6O3/c1-7(2)10-16-12(23-17-10)8(3)20-6-15-11-9(20)13(21)19(5)14(22)18(11)4/h6-8H,1-5H3/t8-/m1/s1. The van der Waals surface area contributed by atoms with Gasteiger partial charge in [-0.15, -0.1) is 0 Å². The van der Waals surface area contributed by atoms with Gasteiger partial charge in [-0.25, -0.2) is 9.78 Å². The second kappa shape index (κ2) is 5.18. The molecule has 0 saturated carbocycles. The maximum atomic E-state index is 12.5. The van der Waals surface area contributed by atoms with Crippen molar-refractivity contribution in [3.05, 3.63) is 38.9 Å². The van der Waals surface area contributed by atoms with Gasteiger partial charge in [0.05, 0.1) is 6.33 Å². The van der Waals surface area contributed by atoms with Gasteiger partial charge in [-0.05, 0) is 6.92 Å². The second-order valence-corrected chi connectivity index (χ2v) is 5.85. The largest absolute Gasteiger partial charge is 0.337 e. The normalized spacial score (nSPS) is 13.1. The summed E-state index contributed by atoms with van der Waals surface area (Å²) < 4.78 is 9.34. The quantitative estimate of drug-likeness (QED) is 0.699. The molecule has 3 aromatic heterocycles. The molecule has 23 heavy (non-hydrogen) atoms. The Morgan fingerprint density at radius 3 is 2.43 bits per heavy atom. The zero-order chi connectivity index (χ0) is 16.9. The summed E-state index contributed by atoms with van der Waals surface area (Å²) in [6, 6.07) is -0.370. The Bertz CT molecular complexity index is 990. The van der Waals surface area contributed by atoms with Crippen molar-refractivity contribution in [2.24, 2.45) is 14.1 Å². The van der Waals surface area contributed by atoms with Crippen LogP contribution in [0, 0.1) is 0 Å². The topological polar surface area (TPSA) is 101 Å². The number of imidazole rings is 1. The molecule has 3 heterocycles. The first-order chi connectivity index (χ1) is 10.8. The summed E-state index contributed by atoms with van der Waals surface area (Å²) in [5.74, 6) is 1.15. The van der Waals surface area contributed by atoms with E-state index in [1.807, 2.05) is 20.8 Å². The molecule has 0 unspecified atom stereocenters. The van der Waals surface area contributed by atoms with Crippen LogP contribution < -0.4 is 11.2 Å². The molecule has 0 aliphatic heterocycles. The molecule has 122 valence electrons. The molecule has 0 fully saturated rings. The van der Waals surface area contributed by atoms with E-state index in [0.29, 0.717) is 22.9 Å². The minimum absolute atomic E-state index is 0.146. The first-order valence-corrected chi connectivity index (χ1v) is 7.29. The van der Waals surface area contributed by atoms with E-state index in [1.54, 1.807) is 11.6 Å². The Morgan fingerprint density at radius 2 is 1.83 bits per heavy atom. The molecule has 0 N–H and O–H groups in total. The molecule has 1 atom stereocenters. The van der Waals surface area contributed by atoms with Crippen LogP contribution in [0.1, 0.15) is 44.4 Å². The van der Waals surface area contributed by atoms with Gasteiger partial charge in [0.1, 0.15) is 6.04 Å². The van der Waals surface area contributed by atoms with Crippen molar-refractivity contribution in [1.29, 1.82) is 0 Å². The summed E-state index contributed by atoms with van der Waals surface area (Å²) in [6.07, 6.45) is 1.51. The van der Waals surface area contributed by atoms with Crippen molar-refractivity contribution in [2.75, 3.05) is 0 Å². The molecule has 3 aromatic rings. The molecule has 0 aliphatic rings. The predicted molar refractivity (Wildman–Crippen MR) is 82.4 cm³/mol. The van der Waals surface area contributed by atoms with E-state index >= 15 is 0 Å². The summed E-state index contributed by atoms with van der Waals surface area (Å²) in [6.45, 7) is 5.78. The van der Waals surface area contributed by atoms with Crippen LogP contribution in [0.15, 0.2) is 20.4 Å². The number of nitrogens with zero attached hydrogens (tertiary/aromatic N) is 6. The highest BCUT2D eigenvalue weighted by Gasteiger charge is 2.22. The monoisotopic (exact) mass is 318 g/mol. The predicted octanol–water partition coefficient (Wildman–Crippen LogP) is 0.549. The van der Waals surface area contributed by atoms with Crippen molar-refractivity contribution in [1.82, 2.24) is 28.8 Å². The Balaban J connectivity index is 2.20. The molecular weight excluding hydrogens is 300 g/mol. The minimum Gasteiger partial charge on any atom is -0.337 e. The van der Waals surface area contributed by atoms with Gasteiger partial charge in [0.25, 0.3) is 5.56 Å². The number of fused-ring (bicyclic) bond motifs is 1. The number of hydrogen-bond donors (Lipinski definition) is 0. The summed E-state index contributed by atoms with van der Waals surface area (Å²) >= 11 is 0. The van der Waals surface area contributed by atoms with E-state index in [2.05, 4.69) is 15.1 Å². The maximum absolute atomic E-state index is 12.5. The molecule has 0 spiro atoms. The van der Waals surface area contributed by atoms with Crippen LogP contribution in [0.2, 0.25) is 0 Å². The van der Waals surface area contributed by atoms with Crippen molar-refractivity contribution >= 4 is 11.2 Å². The number of hydrogen-bond acceptors (Lipinski definition) is 6. The van der Waals surface area contributed by atoms with E-state index in [9.17, 15) is 9.59 Å². The Morgan fingerprint density at radius 1 is 1.13 bits per heavy atom. The lowest BCUT2D eigenvalue weighted by Gasteiger charge is -2.10. The van der Waals surface area contributed by atoms with Crippen molar-refractivity contribution in [3.63, 3.8) is 0 Å². The first kappa shape index (κ1) is 15.2. The SMILES string of the molecule is CC(C)c1noc([C@@H](C)n2cnc3c2c(=O)n(C)c(=O)n3C)n1. The Labute approximate surface area is 131 Å². The highest BCUT2D eigenvalue weighted by atomic mass is 16.5. The number of rotatable bonds is 3. The molecule has 0 radical (unpaired) electrons. The van der Waals surface area contributed by atoms with Crippen LogP contribution in [-0.2, 0) is 14.1 Å². The van der Waals surface area contributed by atoms with E-state index in [0.717, 1.165) is 4.57 Å². The summed E-state index contributed by atoms with van der Waals surface area (Å²) in [4.78, 5) is 33.0. The lowest BCUT2D eigenvalue weighted by Crippen LogP contribution is -2.37. The Kier molecular flexibility index (Phi) is 3.42. The molecule has 0 bridgehead atoms. The van der Waals surface area contributed by atoms with Gasteiger partial charge in [-0.1, -0.05) is 19.0 Å². The van der Waals surface area contributed by atoms with Crippen LogP contribution in [0.4, 0.5) is 0 Å². The molecule has 0 amide bonds.